The molecule has 0 heterocycles. The first kappa shape index (κ1) is 15.3. The number of benzene rings is 1. The third-order valence-corrected chi connectivity index (χ3v) is 2.29. The van der Waals surface area contributed by atoms with Gasteiger partial charge in [0.25, 0.3) is 0 Å². The summed E-state index contributed by atoms with van der Waals surface area (Å²) in [6.07, 6.45) is 0. The van der Waals surface area contributed by atoms with Crippen LogP contribution in [0, 0.1) is 0 Å². The summed E-state index contributed by atoms with van der Waals surface area (Å²) < 4.78 is 5.11. The molecule has 1 rings (SSSR count). The Morgan fingerprint density at radius 2 is 2.00 bits per heavy atom. The van der Waals surface area contributed by atoms with Crippen LogP contribution in [0.2, 0.25) is 5.02 Å². The number of nitrogens with one attached hydrogen (secondary N) is 1. The number of hydrogen-bond acceptors (Lipinski definition) is 4. The molecule has 0 amide bonds. The Kier molecular flexibility index (Phi) is 4.78. The number of carboxylic acid groups (broad SMARTS) is 1. The molecular weight excluding hydrogens is 270 g/mol. The lowest BCUT2D eigenvalue weighted by molar-refractivity contribution is -0.152. The summed E-state index contributed by atoms with van der Waals surface area (Å²) in [5, 5.41) is 12.1. The SMILES string of the molecule is CC(C)(C)OC(=O)CNc1ccc(Cl)cc1C(=O)O. The van der Waals surface area contributed by atoms with Crippen LogP contribution >= 0.6 is 11.6 Å². The van der Waals surface area contributed by atoms with Gasteiger partial charge < -0.3 is 15.2 Å². The molecule has 0 fully saturated rings. The van der Waals surface area contributed by atoms with Crippen LogP contribution in [0.25, 0.3) is 0 Å². The maximum Gasteiger partial charge on any atom is 0.337 e. The van der Waals surface area contributed by atoms with Gasteiger partial charge in [-0.1, -0.05) is 11.6 Å². The van der Waals surface area contributed by atoms with Crippen molar-refractivity contribution in [2.45, 2.75) is 26.4 Å². The topological polar surface area (TPSA) is 75.6 Å². The number of halogens is 1. The summed E-state index contributed by atoms with van der Waals surface area (Å²) in [5.41, 5.74) is -0.243. The van der Waals surface area contributed by atoms with Crippen molar-refractivity contribution in [2.24, 2.45) is 0 Å². The van der Waals surface area contributed by atoms with Gasteiger partial charge in [0.1, 0.15) is 12.1 Å². The molecule has 0 saturated heterocycles. The predicted molar refractivity (Wildman–Crippen MR) is 72.7 cm³/mol. The van der Waals surface area contributed by atoms with Crippen molar-refractivity contribution in [3.63, 3.8) is 0 Å². The van der Waals surface area contributed by atoms with Gasteiger partial charge >= 0.3 is 11.9 Å². The first-order valence-electron chi connectivity index (χ1n) is 5.67. The Morgan fingerprint density at radius 1 is 1.37 bits per heavy atom. The average molecular weight is 286 g/mol. The van der Waals surface area contributed by atoms with Gasteiger partial charge in [0, 0.05) is 10.7 Å². The zero-order valence-electron chi connectivity index (χ0n) is 11.0. The molecule has 6 heteroatoms. The van der Waals surface area contributed by atoms with E-state index in [1.807, 2.05) is 0 Å². The molecule has 0 aromatic heterocycles. The highest BCUT2D eigenvalue weighted by Gasteiger charge is 2.17. The zero-order chi connectivity index (χ0) is 14.6. The van der Waals surface area contributed by atoms with Gasteiger partial charge in [-0.25, -0.2) is 4.79 Å². The lowest BCUT2D eigenvalue weighted by atomic mass is 10.2. The van der Waals surface area contributed by atoms with E-state index in [-0.39, 0.29) is 12.1 Å². The molecule has 0 aliphatic heterocycles. The van der Waals surface area contributed by atoms with Crippen LogP contribution in [0.4, 0.5) is 5.69 Å². The van der Waals surface area contributed by atoms with Crippen LogP contribution in [-0.4, -0.2) is 29.2 Å². The van der Waals surface area contributed by atoms with Crippen LogP contribution in [-0.2, 0) is 9.53 Å². The van der Waals surface area contributed by atoms with Crippen molar-refractivity contribution in [1.82, 2.24) is 0 Å². The Hall–Kier alpha value is -1.75. The number of ether oxygens (including phenoxy) is 1. The summed E-state index contributed by atoms with van der Waals surface area (Å²) in [6, 6.07) is 4.38. The lowest BCUT2D eigenvalue weighted by Gasteiger charge is -2.20. The summed E-state index contributed by atoms with van der Waals surface area (Å²) >= 11 is 5.73. The Morgan fingerprint density at radius 3 is 2.53 bits per heavy atom. The number of carbonyl (C=O) groups is 2. The van der Waals surface area contributed by atoms with E-state index in [1.165, 1.54) is 12.1 Å². The van der Waals surface area contributed by atoms with Crippen molar-refractivity contribution in [1.29, 1.82) is 0 Å². The summed E-state index contributed by atoms with van der Waals surface area (Å²) in [5.74, 6) is -1.58. The molecule has 0 saturated carbocycles. The van der Waals surface area contributed by atoms with E-state index >= 15 is 0 Å². The molecule has 19 heavy (non-hydrogen) atoms. The molecule has 0 spiro atoms. The predicted octanol–water partition coefficient (Wildman–Crippen LogP) is 2.79. The van der Waals surface area contributed by atoms with Crippen LogP contribution in [0.15, 0.2) is 18.2 Å². The fraction of sp³-hybridized carbons (Fsp3) is 0.385. The third kappa shape index (κ3) is 5.18. The summed E-state index contributed by atoms with van der Waals surface area (Å²) in [7, 11) is 0. The molecule has 0 radical (unpaired) electrons. The smallest absolute Gasteiger partial charge is 0.337 e. The summed E-state index contributed by atoms with van der Waals surface area (Å²) in [6.45, 7) is 5.17. The van der Waals surface area contributed by atoms with Crippen molar-refractivity contribution < 1.29 is 19.4 Å². The normalized spacial score (nSPS) is 10.9. The second-order valence-electron chi connectivity index (χ2n) is 4.94. The maximum absolute atomic E-state index is 11.5. The molecule has 0 aliphatic carbocycles. The van der Waals surface area contributed by atoms with E-state index in [2.05, 4.69) is 5.32 Å². The maximum atomic E-state index is 11.5. The first-order valence-corrected chi connectivity index (χ1v) is 6.05. The second-order valence-corrected chi connectivity index (χ2v) is 5.37. The van der Waals surface area contributed by atoms with Gasteiger partial charge in [-0.05, 0) is 39.0 Å². The average Bonchev–Trinajstić information content (AvgIpc) is 2.24. The Balaban J connectivity index is 2.73. The minimum absolute atomic E-state index is 0.0102. The second kappa shape index (κ2) is 5.93. The van der Waals surface area contributed by atoms with E-state index in [4.69, 9.17) is 21.4 Å². The van der Waals surface area contributed by atoms with Crippen LogP contribution in [0.3, 0.4) is 0 Å². The molecule has 1 aromatic carbocycles. The quantitative estimate of drug-likeness (QED) is 0.832. The van der Waals surface area contributed by atoms with Crippen LogP contribution in [0.1, 0.15) is 31.1 Å². The minimum Gasteiger partial charge on any atom is -0.478 e. The van der Waals surface area contributed by atoms with Crippen molar-refractivity contribution >= 4 is 29.2 Å². The number of carboxylic acids is 1. The van der Waals surface area contributed by atoms with Crippen molar-refractivity contribution in [3.05, 3.63) is 28.8 Å². The van der Waals surface area contributed by atoms with E-state index in [0.717, 1.165) is 0 Å². The number of anilines is 1. The molecule has 5 nitrogen and oxygen atoms in total. The number of carbonyl (C=O) groups excluding carboxylic acids is 1. The van der Waals surface area contributed by atoms with E-state index in [1.54, 1.807) is 26.8 Å². The van der Waals surface area contributed by atoms with Gasteiger partial charge in [-0.15, -0.1) is 0 Å². The van der Waals surface area contributed by atoms with E-state index < -0.39 is 17.5 Å². The van der Waals surface area contributed by atoms with E-state index in [0.29, 0.717) is 10.7 Å². The fourth-order valence-corrected chi connectivity index (χ4v) is 1.56. The van der Waals surface area contributed by atoms with Gasteiger partial charge in [0.15, 0.2) is 0 Å². The third-order valence-electron chi connectivity index (χ3n) is 2.06. The van der Waals surface area contributed by atoms with E-state index in [9.17, 15) is 9.59 Å². The molecule has 2 N–H and O–H groups in total. The molecule has 0 unspecified atom stereocenters. The summed E-state index contributed by atoms with van der Waals surface area (Å²) in [4.78, 5) is 22.6. The van der Waals surface area contributed by atoms with Gasteiger partial charge in [-0.3, -0.25) is 4.79 Å². The van der Waals surface area contributed by atoms with Crippen molar-refractivity contribution in [3.8, 4) is 0 Å². The highest BCUT2D eigenvalue weighted by molar-refractivity contribution is 6.31. The Labute approximate surface area is 116 Å². The largest absolute Gasteiger partial charge is 0.478 e. The molecule has 0 aliphatic rings. The van der Waals surface area contributed by atoms with Crippen LogP contribution < -0.4 is 5.32 Å². The monoisotopic (exact) mass is 285 g/mol. The molecular formula is C13H16ClNO4. The first-order chi connectivity index (χ1) is 8.69. The standard InChI is InChI=1S/C13H16ClNO4/c1-13(2,3)19-11(16)7-15-10-5-4-8(14)6-9(10)12(17)18/h4-6,15H,7H2,1-3H3,(H,17,18). The minimum atomic E-state index is -1.12. The highest BCUT2D eigenvalue weighted by atomic mass is 35.5. The number of hydrogen-bond donors (Lipinski definition) is 2. The molecule has 1 aromatic rings. The lowest BCUT2D eigenvalue weighted by Crippen LogP contribution is -2.28. The fourth-order valence-electron chi connectivity index (χ4n) is 1.39. The molecule has 0 atom stereocenters. The van der Waals surface area contributed by atoms with Crippen LogP contribution in [0.5, 0.6) is 0 Å². The zero-order valence-corrected chi connectivity index (χ0v) is 11.7. The Bertz CT molecular complexity index is 494. The number of aromatic carboxylic acids is 1. The van der Waals surface area contributed by atoms with Gasteiger partial charge in [0.2, 0.25) is 0 Å². The van der Waals surface area contributed by atoms with Gasteiger partial charge in [0.05, 0.1) is 5.56 Å². The molecule has 104 valence electrons. The number of rotatable bonds is 4. The van der Waals surface area contributed by atoms with Gasteiger partial charge in [-0.2, -0.15) is 0 Å². The highest BCUT2D eigenvalue weighted by Crippen LogP contribution is 2.20. The number of esters is 1. The molecule has 0 bridgehead atoms. The van der Waals surface area contributed by atoms with Crippen molar-refractivity contribution in [2.75, 3.05) is 11.9 Å².